The van der Waals surface area contributed by atoms with Crippen LogP contribution in [0.5, 0.6) is 0 Å². The van der Waals surface area contributed by atoms with E-state index < -0.39 is 4.87 Å². The molecule has 2 aromatic rings. The summed E-state index contributed by atoms with van der Waals surface area (Å²) in [6.45, 7) is 4.17. The fourth-order valence-corrected chi connectivity index (χ4v) is 3.50. The third kappa shape index (κ3) is 2.97. The number of aryl methyl sites for hydroxylation is 1. The Morgan fingerprint density at radius 1 is 1.17 bits per heavy atom. The molecule has 0 fully saturated rings. The van der Waals surface area contributed by atoms with E-state index in [-0.39, 0.29) is 5.97 Å². The van der Waals surface area contributed by atoms with Gasteiger partial charge in [-0.1, -0.05) is 71.9 Å². The second kappa shape index (κ2) is 6.46. The van der Waals surface area contributed by atoms with Crippen molar-refractivity contribution in [1.82, 2.24) is 5.43 Å². The molecule has 0 amide bonds. The first-order valence-electron chi connectivity index (χ1n) is 7.49. The van der Waals surface area contributed by atoms with Gasteiger partial charge >= 0.3 is 5.97 Å². The smallest absolute Gasteiger partial charge is 0.349 e. The number of nitrogens with one attached hydrogen (secondary N) is 1. The average Bonchev–Trinajstić information content (AvgIpc) is 3.03. The number of nitrogens with zero attached hydrogens (tertiary/aromatic N) is 1. The Kier molecular flexibility index (Phi) is 4.39. The molecular formula is C18H18N2O2S. The van der Waals surface area contributed by atoms with Crippen LogP contribution in [-0.2, 0) is 14.4 Å². The minimum absolute atomic E-state index is 0.329. The quantitative estimate of drug-likeness (QED) is 0.875. The van der Waals surface area contributed by atoms with Crippen molar-refractivity contribution in [2.75, 3.05) is 6.61 Å². The predicted octanol–water partition coefficient (Wildman–Crippen LogP) is 3.41. The van der Waals surface area contributed by atoms with Gasteiger partial charge in [0.1, 0.15) is 5.04 Å². The summed E-state index contributed by atoms with van der Waals surface area (Å²) in [5, 5.41) is 5.18. The summed E-state index contributed by atoms with van der Waals surface area (Å²) in [4.78, 5) is 11.6. The molecule has 0 saturated carbocycles. The van der Waals surface area contributed by atoms with Gasteiger partial charge in [-0.2, -0.15) is 5.10 Å². The van der Waals surface area contributed by atoms with Crippen molar-refractivity contribution in [3.63, 3.8) is 0 Å². The Bertz CT molecular complexity index is 728. The maximum Gasteiger partial charge on any atom is 0.349 e. The molecule has 1 N–H and O–H groups in total. The lowest BCUT2D eigenvalue weighted by atomic mass is 10.1. The lowest BCUT2D eigenvalue weighted by molar-refractivity contribution is -0.147. The van der Waals surface area contributed by atoms with Crippen molar-refractivity contribution < 1.29 is 9.53 Å². The van der Waals surface area contributed by atoms with Crippen molar-refractivity contribution in [1.29, 1.82) is 0 Å². The fourth-order valence-electron chi connectivity index (χ4n) is 2.37. The highest BCUT2D eigenvalue weighted by molar-refractivity contribution is 8.16. The molecule has 118 valence electrons. The average molecular weight is 326 g/mol. The third-order valence-corrected chi connectivity index (χ3v) is 4.93. The van der Waals surface area contributed by atoms with E-state index in [1.165, 1.54) is 17.3 Å². The molecule has 0 aliphatic carbocycles. The molecule has 0 spiro atoms. The molecule has 0 aromatic heterocycles. The maximum atomic E-state index is 12.6. The number of esters is 1. The van der Waals surface area contributed by atoms with Crippen LogP contribution < -0.4 is 5.43 Å². The van der Waals surface area contributed by atoms with Crippen molar-refractivity contribution >= 4 is 22.8 Å². The van der Waals surface area contributed by atoms with Crippen LogP contribution in [0.3, 0.4) is 0 Å². The van der Waals surface area contributed by atoms with E-state index in [0.29, 0.717) is 6.61 Å². The summed E-state index contributed by atoms with van der Waals surface area (Å²) in [5.41, 5.74) is 6.01. The first-order valence-corrected chi connectivity index (χ1v) is 8.31. The van der Waals surface area contributed by atoms with Gasteiger partial charge in [-0.25, -0.2) is 4.79 Å². The molecule has 1 aliphatic heterocycles. The number of hydrogen-bond donors (Lipinski definition) is 1. The third-order valence-electron chi connectivity index (χ3n) is 3.61. The molecule has 4 nitrogen and oxygen atoms in total. The number of thioether (sulfide) groups is 1. The van der Waals surface area contributed by atoms with Gasteiger partial charge in [-0.15, -0.1) is 0 Å². The van der Waals surface area contributed by atoms with E-state index in [1.54, 1.807) is 6.92 Å². The SMILES string of the molecule is CCOC(=O)[C@@]1(c2ccccc2)NN=C(c2ccc(C)cc2)S1. The van der Waals surface area contributed by atoms with Gasteiger partial charge in [-0.3, -0.25) is 5.43 Å². The van der Waals surface area contributed by atoms with Gasteiger partial charge in [0.25, 0.3) is 0 Å². The van der Waals surface area contributed by atoms with Crippen LogP contribution >= 0.6 is 11.8 Å². The first kappa shape index (κ1) is 15.6. The van der Waals surface area contributed by atoms with Gasteiger partial charge in [0.05, 0.1) is 6.61 Å². The summed E-state index contributed by atoms with van der Waals surface area (Å²) in [5.74, 6) is -0.331. The van der Waals surface area contributed by atoms with E-state index in [2.05, 4.69) is 10.5 Å². The van der Waals surface area contributed by atoms with E-state index >= 15 is 0 Å². The normalized spacial score (nSPS) is 19.8. The minimum Gasteiger partial charge on any atom is -0.463 e. The van der Waals surface area contributed by atoms with Gasteiger partial charge in [0, 0.05) is 11.1 Å². The minimum atomic E-state index is -1.03. The van der Waals surface area contributed by atoms with Gasteiger partial charge in [0.2, 0.25) is 4.87 Å². The molecule has 0 bridgehead atoms. The van der Waals surface area contributed by atoms with E-state index in [4.69, 9.17) is 4.74 Å². The monoisotopic (exact) mass is 326 g/mol. The molecule has 1 heterocycles. The molecular weight excluding hydrogens is 308 g/mol. The molecule has 3 rings (SSSR count). The Balaban J connectivity index is 1.94. The van der Waals surface area contributed by atoms with Crippen LogP contribution in [0.4, 0.5) is 0 Å². The second-order valence-corrected chi connectivity index (χ2v) is 6.47. The lowest BCUT2D eigenvalue weighted by Gasteiger charge is -2.25. The molecule has 1 aliphatic rings. The van der Waals surface area contributed by atoms with E-state index in [0.717, 1.165) is 16.2 Å². The number of ether oxygens (including phenoxy) is 1. The van der Waals surface area contributed by atoms with Gasteiger partial charge in [0.15, 0.2) is 0 Å². The highest BCUT2D eigenvalue weighted by Gasteiger charge is 2.47. The fraction of sp³-hybridized carbons (Fsp3) is 0.222. The first-order chi connectivity index (χ1) is 11.2. The summed E-state index contributed by atoms with van der Waals surface area (Å²) in [6.07, 6.45) is 0. The molecule has 0 unspecified atom stereocenters. The standard InChI is InChI=1S/C18H18N2O2S/c1-3-22-17(21)18(15-7-5-4-6-8-15)20-19-16(23-18)14-11-9-13(2)10-12-14/h4-12,20H,3H2,1-2H3/t18-/m0/s1. The molecule has 0 radical (unpaired) electrons. The zero-order valence-electron chi connectivity index (χ0n) is 13.1. The lowest BCUT2D eigenvalue weighted by Crippen LogP contribution is -2.42. The van der Waals surface area contributed by atoms with Gasteiger partial charge in [-0.05, 0) is 13.8 Å². The Hall–Kier alpha value is -2.27. The Morgan fingerprint density at radius 2 is 1.87 bits per heavy atom. The highest BCUT2D eigenvalue weighted by Crippen LogP contribution is 2.41. The number of carbonyl (C=O) groups excluding carboxylic acids is 1. The Morgan fingerprint density at radius 3 is 2.52 bits per heavy atom. The highest BCUT2D eigenvalue weighted by atomic mass is 32.2. The summed E-state index contributed by atoms with van der Waals surface area (Å²) < 4.78 is 5.29. The van der Waals surface area contributed by atoms with E-state index in [1.807, 2.05) is 61.5 Å². The Labute approximate surface area is 139 Å². The van der Waals surface area contributed by atoms with Gasteiger partial charge < -0.3 is 4.74 Å². The van der Waals surface area contributed by atoms with Crippen molar-refractivity contribution in [3.05, 3.63) is 71.3 Å². The number of hydrazone groups is 1. The summed E-state index contributed by atoms with van der Waals surface area (Å²) >= 11 is 1.38. The van der Waals surface area contributed by atoms with Crippen LogP contribution in [0.1, 0.15) is 23.6 Å². The largest absolute Gasteiger partial charge is 0.463 e. The number of rotatable bonds is 4. The predicted molar refractivity (Wildman–Crippen MR) is 93.2 cm³/mol. The number of hydrogen-bond acceptors (Lipinski definition) is 5. The van der Waals surface area contributed by atoms with E-state index in [9.17, 15) is 4.79 Å². The van der Waals surface area contributed by atoms with Crippen LogP contribution in [0.2, 0.25) is 0 Å². The summed E-state index contributed by atoms with van der Waals surface area (Å²) in [7, 11) is 0. The maximum absolute atomic E-state index is 12.6. The topological polar surface area (TPSA) is 50.7 Å². The number of carbonyl (C=O) groups is 1. The van der Waals surface area contributed by atoms with Crippen LogP contribution in [0.15, 0.2) is 59.7 Å². The van der Waals surface area contributed by atoms with Crippen LogP contribution in [0, 0.1) is 6.92 Å². The molecule has 1 atom stereocenters. The van der Waals surface area contributed by atoms with Crippen molar-refractivity contribution in [2.45, 2.75) is 18.7 Å². The molecule has 5 heteroatoms. The number of benzene rings is 2. The van der Waals surface area contributed by atoms with Crippen molar-refractivity contribution in [2.24, 2.45) is 5.10 Å². The van der Waals surface area contributed by atoms with Crippen LogP contribution in [-0.4, -0.2) is 17.6 Å². The molecule has 23 heavy (non-hydrogen) atoms. The zero-order chi connectivity index (χ0) is 16.3. The zero-order valence-corrected chi connectivity index (χ0v) is 13.9. The summed E-state index contributed by atoms with van der Waals surface area (Å²) in [6, 6.07) is 17.6. The second-order valence-electron chi connectivity index (χ2n) is 5.26. The van der Waals surface area contributed by atoms with Crippen LogP contribution in [0.25, 0.3) is 0 Å². The molecule has 0 saturated heterocycles. The van der Waals surface area contributed by atoms with Crippen molar-refractivity contribution in [3.8, 4) is 0 Å². The molecule has 2 aromatic carbocycles.